The molecule has 4 aromatic rings. The van der Waals surface area contributed by atoms with Gasteiger partial charge in [0.15, 0.2) is 22.1 Å². The van der Waals surface area contributed by atoms with Crippen molar-refractivity contribution in [2.75, 3.05) is 0 Å². The zero-order chi connectivity index (χ0) is 15.3. The largest absolute Gasteiger partial charge is 0.595 e. The van der Waals surface area contributed by atoms with Crippen molar-refractivity contribution in [1.29, 1.82) is 0 Å². The van der Waals surface area contributed by atoms with E-state index in [0.717, 1.165) is 0 Å². The normalized spacial score (nSPS) is 13.0. The molecular weight excluding hydrogens is 292 g/mol. The summed E-state index contributed by atoms with van der Waals surface area (Å²) in [4.78, 5) is 1.27. The van der Waals surface area contributed by atoms with Crippen molar-refractivity contribution in [3.8, 4) is 11.4 Å². The molecule has 0 aliphatic carbocycles. The van der Waals surface area contributed by atoms with E-state index in [4.69, 9.17) is 0 Å². The number of para-hydroxylation sites is 1. The fourth-order valence-corrected chi connectivity index (χ4v) is 2.24. The Hall–Kier alpha value is -3.08. The maximum absolute atomic E-state index is 11.4. The Kier molecular flexibility index (Phi) is 2.56. The second kappa shape index (κ2) is 4.46. The Balaban J connectivity index is 2.12. The Morgan fingerprint density at radius 2 is 1.68 bits per heavy atom. The highest BCUT2D eigenvalue weighted by Crippen LogP contribution is 2.35. The molecule has 0 saturated heterocycles. The molecule has 0 aliphatic heterocycles. The van der Waals surface area contributed by atoms with Gasteiger partial charge in [-0.2, -0.15) is 10.0 Å². The maximum atomic E-state index is 11.4. The van der Waals surface area contributed by atoms with E-state index in [1.807, 2.05) is 6.07 Å². The SMILES string of the molecule is [O-][NH+](O)c1c(O)c2nonc2c2nn(-c3ccccc3)nc12. The molecule has 2 aromatic heterocycles. The van der Waals surface area contributed by atoms with Crippen molar-refractivity contribution in [2.45, 2.75) is 0 Å². The number of quaternary nitrogens is 1. The van der Waals surface area contributed by atoms with Crippen molar-refractivity contribution in [3.63, 3.8) is 0 Å². The van der Waals surface area contributed by atoms with Crippen molar-refractivity contribution in [1.82, 2.24) is 25.3 Å². The minimum Gasteiger partial charge on any atom is -0.595 e. The molecule has 0 bridgehead atoms. The number of nitrogens with one attached hydrogen (secondary N) is 1. The molecule has 10 heteroatoms. The van der Waals surface area contributed by atoms with Gasteiger partial charge in [0.25, 0.3) is 0 Å². The van der Waals surface area contributed by atoms with Gasteiger partial charge in [0.2, 0.25) is 11.4 Å². The summed E-state index contributed by atoms with van der Waals surface area (Å²) in [5.74, 6) is -0.545. The maximum Gasteiger partial charge on any atom is 0.238 e. The Morgan fingerprint density at radius 1 is 1.00 bits per heavy atom. The Labute approximate surface area is 121 Å². The van der Waals surface area contributed by atoms with Gasteiger partial charge < -0.3 is 10.3 Å². The van der Waals surface area contributed by atoms with E-state index in [-0.39, 0.29) is 27.8 Å². The fourth-order valence-electron chi connectivity index (χ4n) is 2.24. The molecule has 1 atom stereocenters. The number of hydrogen-bond donors (Lipinski definition) is 3. The van der Waals surface area contributed by atoms with Gasteiger partial charge in [0.05, 0.1) is 5.69 Å². The molecule has 1 unspecified atom stereocenters. The predicted octanol–water partition coefficient (Wildman–Crippen LogP) is 0.0657. The highest BCUT2D eigenvalue weighted by atomic mass is 16.8. The van der Waals surface area contributed by atoms with Crippen LogP contribution in [0.3, 0.4) is 0 Å². The Morgan fingerprint density at radius 3 is 2.41 bits per heavy atom. The van der Waals surface area contributed by atoms with Gasteiger partial charge in [-0.3, -0.25) is 0 Å². The van der Waals surface area contributed by atoms with Gasteiger partial charge in [-0.1, -0.05) is 18.2 Å². The Bertz CT molecular complexity index is 978. The number of aromatic hydroxyl groups is 1. The van der Waals surface area contributed by atoms with Crippen LogP contribution in [0.4, 0.5) is 5.69 Å². The molecule has 2 aromatic carbocycles. The van der Waals surface area contributed by atoms with Gasteiger partial charge in [-0.05, 0) is 22.4 Å². The summed E-state index contributed by atoms with van der Waals surface area (Å²) < 4.78 is 4.57. The van der Waals surface area contributed by atoms with Gasteiger partial charge in [0, 0.05) is 0 Å². The number of phenolic OH excluding ortho intramolecular Hbond substituents is 1. The number of benzene rings is 2. The summed E-state index contributed by atoms with van der Waals surface area (Å²) in [6.45, 7) is 0. The average molecular weight is 300 g/mol. The number of fused-ring (bicyclic) bond motifs is 3. The zero-order valence-electron chi connectivity index (χ0n) is 10.8. The molecule has 10 nitrogen and oxygen atoms in total. The molecule has 110 valence electrons. The minimum atomic E-state index is -1.34. The lowest BCUT2D eigenvalue weighted by Crippen LogP contribution is -2.99. The van der Waals surface area contributed by atoms with E-state index in [9.17, 15) is 15.5 Å². The van der Waals surface area contributed by atoms with E-state index in [0.29, 0.717) is 5.69 Å². The quantitative estimate of drug-likeness (QED) is 0.349. The molecule has 0 spiro atoms. The van der Waals surface area contributed by atoms with Crippen LogP contribution in [0.15, 0.2) is 35.0 Å². The number of phenols is 1. The molecular formula is C12H8N6O4. The van der Waals surface area contributed by atoms with Crippen LogP contribution in [0.25, 0.3) is 27.8 Å². The number of aromatic nitrogens is 5. The number of hydrogen-bond acceptors (Lipinski definition) is 8. The molecule has 22 heavy (non-hydrogen) atoms. The highest BCUT2D eigenvalue weighted by Gasteiger charge is 2.27. The smallest absolute Gasteiger partial charge is 0.238 e. The lowest BCUT2D eigenvalue weighted by molar-refractivity contribution is -0.990. The highest BCUT2D eigenvalue weighted by molar-refractivity contribution is 6.08. The van der Waals surface area contributed by atoms with Gasteiger partial charge in [-0.15, -0.1) is 10.2 Å². The van der Waals surface area contributed by atoms with Crippen LogP contribution < -0.4 is 5.23 Å². The van der Waals surface area contributed by atoms with Crippen LogP contribution in [-0.2, 0) is 0 Å². The van der Waals surface area contributed by atoms with Gasteiger partial charge in [-0.25, -0.2) is 9.84 Å². The van der Waals surface area contributed by atoms with E-state index < -0.39 is 11.0 Å². The third kappa shape index (κ3) is 1.65. The third-order valence-corrected chi connectivity index (χ3v) is 3.23. The number of rotatable bonds is 2. The van der Waals surface area contributed by atoms with E-state index in [2.05, 4.69) is 25.1 Å². The molecule has 0 radical (unpaired) electrons. The van der Waals surface area contributed by atoms with Crippen molar-refractivity contribution in [3.05, 3.63) is 35.5 Å². The summed E-state index contributed by atoms with van der Waals surface area (Å²) in [7, 11) is 0. The van der Waals surface area contributed by atoms with Crippen LogP contribution in [-0.4, -0.2) is 35.6 Å². The zero-order valence-corrected chi connectivity index (χ0v) is 10.8. The predicted molar refractivity (Wildman–Crippen MR) is 71.7 cm³/mol. The lowest BCUT2D eigenvalue weighted by atomic mass is 10.2. The van der Waals surface area contributed by atoms with Crippen LogP contribution in [0, 0.1) is 5.21 Å². The molecule has 3 N–H and O–H groups in total. The molecule has 2 heterocycles. The summed E-state index contributed by atoms with van der Waals surface area (Å²) in [5, 5.41) is 45.0. The summed E-state index contributed by atoms with van der Waals surface area (Å²) in [5.41, 5.74) is 0.538. The molecule has 0 saturated carbocycles. The third-order valence-electron chi connectivity index (χ3n) is 3.23. The first-order valence-corrected chi connectivity index (χ1v) is 6.20. The lowest BCUT2D eigenvalue weighted by Gasteiger charge is -2.12. The van der Waals surface area contributed by atoms with Crippen LogP contribution in [0.1, 0.15) is 0 Å². The standard InChI is InChI=1S/C12H8N6O4/c19-12-10-8(15-22-16-10)7-9(11(12)18(20)21)14-17(13-7)6-4-2-1-3-5-6/h1-5,18-20H. The van der Waals surface area contributed by atoms with Crippen molar-refractivity contribution < 1.29 is 20.2 Å². The van der Waals surface area contributed by atoms with E-state index in [1.54, 1.807) is 24.3 Å². The topological polar surface area (TPSA) is 138 Å². The van der Waals surface area contributed by atoms with Gasteiger partial charge in [0.1, 0.15) is 0 Å². The first-order chi connectivity index (χ1) is 10.7. The summed E-state index contributed by atoms with van der Waals surface area (Å²) in [6, 6.07) is 8.95. The molecule has 0 amide bonds. The first kappa shape index (κ1) is 12.6. The minimum absolute atomic E-state index is 0.0112. The monoisotopic (exact) mass is 300 g/mol. The molecule has 4 rings (SSSR count). The molecule has 0 aliphatic rings. The van der Waals surface area contributed by atoms with Gasteiger partial charge >= 0.3 is 0 Å². The van der Waals surface area contributed by atoms with Crippen molar-refractivity contribution in [2.24, 2.45) is 0 Å². The van der Waals surface area contributed by atoms with Crippen LogP contribution in [0.5, 0.6) is 5.75 Å². The summed E-state index contributed by atoms with van der Waals surface area (Å²) >= 11 is 0. The van der Waals surface area contributed by atoms with Crippen LogP contribution in [0.2, 0.25) is 0 Å². The second-order valence-electron chi connectivity index (χ2n) is 4.51. The fraction of sp³-hybridized carbons (Fsp3) is 0. The van der Waals surface area contributed by atoms with Crippen LogP contribution >= 0.6 is 0 Å². The number of nitrogens with zero attached hydrogens (tertiary/aromatic N) is 5. The van der Waals surface area contributed by atoms with E-state index in [1.165, 1.54) is 4.80 Å². The second-order valence-corrected chi connectivity index (χ2v) is 4.51. The first-order valence-electron chi connectivity index (χ1n) is 6.20. The molecule has 0 fully saturated rings. The van der Waals surface area contributed by atoms with Crippen molar-refractivity contribution >= 4 is 27.8 Å². The summed E-state index contributed by atoms with van der Waals surface area (Å²) in [6.07, 6.45) is 0. The average Bonchev–Trinajstić information content (AvgIpc) is 3.14. The van der Waals surface area contributed by atoms with E-state index >= 15 is 0 Å².